The number of thiocarbonyl (C=S) groups is 1. The number of thiazole rings is 1. The van der Waals surface area contributed by atoms with Crippen LogP contribution in [0.15, 0.2) is 5.38 Å². The lowest BCUT2D eigenvalue weighted by Gasteiger charge is -2.06. The van der Waals surface area contributed by atoms with Crippen molar-refractivity contribution in [1.82, 2.24) is 20.9 Å². The number of aromatic nitrogens is 1. The molecule has 0 atom stereocenters. The number of halogens is 1. The third kappa shape index (κ3) is 5.27. The Balaban J connectivity index is 2.05. The molecule has 0 saturated heterocycles. The van der Waals surface area contributed by atoms with Gasteiger partial charge in [-0.05, 0) is 12.2 Å². The monoisotopic (exact) mass is 264 g/mol. The molecule has 4 nitrogen and oxygen atoms in total. The van der Waals surface area contributed by atoms with Gasteiger partial charge in [0.05, 0.1) is 5.69 Å². The Kier molecular flexibility index (Phi) is 5.85. The summed E-state index contributed by atoms with van der Waals surface area (Å²) in [5.41, 5.74) is 0.973. The summed E-state index contributed by atoms with van der Waals surface area (Å²) in [7, 11) is 1.79. The van der Waals surface area contributed by atoms with Gasteiger partial charge in [0.1, 0.15) is 0 Å². The predicted molar refractivity (Wildman–Crippen MR) is 68.5 cm³/mol. The van der Waals surface area contributed by atoms with Crippen molar-refractivity contribution in [3.05, 3.63) is 15.5 Å². The highest BCUT2D eigenvalue weighted by molar-refractivity contribution is 7.80. The van der Waals surface area contributed by atoms with Crippen LogP contribution < -0.4 is 16.0 Å². The van der Waals surface area contributed by atoms with Crippen molar-refractivity contribution >= 4 is 40.3 Å². The Morgan fingerprint density at radius 2 is 2.40 bits per heavy atom. The standard InChI is InChI=1S/C8H13ClN4S2/c1-10-8(14)12-3-2-11-4-6-5-15-7(9)13-6/h5,11H,2-4H2,1H3,(H2,10,12,14). The molecule has 0 aromatic carbocycles. The molecule has 0 aliphatic carbocycles. The highest BCUT2D eigenvalue weighted by atomic mass is 35.5. The highest BCUT2D eigenvalue weighted by Crippen LogP contribution is 2.14. The summed E-state index contributed by atoms with van der Waals surface area (Å²) in [6.45, 7) is 2.35. The first-order valence-corrected chi connectivity index (χ1v) is 6.15. The molecule has 0 aliphatic heterocycles. The summed E-state index contributed by atoms with van der Waals surface area (Å²) in [6.07, 6.45) is 0. The van der Waals surface area contributed by atoms with Crippen LogP contribution in [0.3, 0.4) is 0 Å². The molecule has 15 heavy (non-hydrogen) atoms. The summed E-state index contributed by atoms with van der Waals surface area (Å²) >= 11 is 12.1. The Hall–Kier alpha value is -0.430. The van der Waals surface area contributed by atoms with E-state index in [1.165, 1.54) is 11.3 Å². The van der Waals surface area contributed by atoms with Crippen LogP contribution in [-0.4, -0.2) is 30.2 Å². The third-order valence-corrected chi connectivity index (χ3v) is 3.02. The topological polar surface area (TPSA) is 49.0 Å². The quantitative estimate of drug-likeness (QED) is 0.547. The van der Waals surface area contributed by atoms with E-state index in [4.69, 9.17) is 23.8 Å². The first-order chi connectivity index (χ1) is 7.22. The molecule has 1 rings (SSSR count). The number of hydrogen-bond acceptors (Lipinski definition) is 4. The SMILES string of the molecule is CNC(=S)NCCNCc1csc(Cl)n1. The van der Waals surface area contributed by atoms with Crippen molar-refractivity contribution in [2.45, 2.75) is 6.54 Å². The average Bonchev–Trinajstić information content (AvgIpc) is 2.63. The lowest BCUT2D eigenvalue weighted by Crippen LogP contribution is -2.37. The average molecular weight is 265 g/mol. The van der Waals surface area contributed by atoms with Gasteiger partial charge in [0.15, 0.2) is 9.58 Å². The van der Waals surface area contributed by atoms with Gasteiger partial charge in [-0.1, -0.05) is 11.6 Å². The summed E-state index contributed by atoms with van der Waals surface area (Å²) in [5.74, 6) is 0. The van der Waals surface area contributed by atoms with E-state index in [2.05, 4.69) is 20.9 Å². The smallest absolute Gasteiger partial charge is 0.183 e. The fourth-order valence-electron chi connectivity index (χ4n) is 0.933. The number of nitrogens with zero attached hydrogens (tertiary/aromatic N) is 1. The van der Waals surface area contributed by atoms with E-state index in [1.54, 1.807) is 7.05 Å². The fourth-order valence-corrected chi connectivity index (χ4v) is 1.82. The van der Waals surface area contributed by atoms with Gasteiger partial charge in [-0.3, -0.25) is 0 Å². The maximum Gasteiger partial charge on any atom is 0.183 e. The Morgan fingerprint density at radius 1 is 1.60 bits per heavy atom. The summed E-state index contributed by atoms with van der Waals surface area (Å²) < 4.78 is 0.585. The molecule has 7 heteroatoms. The zero-order valence-corrected chi connectivity index (χ0v) is 10.7. The molecule has 0 unspecified atom stereocenters. The van der Waals surface area contributed by atoms with Crippen molar-refractivity contribution in [3.8, 4) is 0 Å². The minimum atomic E-state index is 0.585. The summed E-state index contributed by atoms with van der Waals surface area (Å²) in [6, 6.07) is 0. The van der Waals surface area contributed by atoms with E-state index >= 15 is 0 Å². The van der Waals surface area contributed by atoms with Gasteiger partial charge in [0.25, 0.3) is 0 Å². The number of rotatable bonds is 5. The van der Waals surface area contributed by atoms with Crippen LogP contribution in [-0.2, 0) is 6.54 Å². The molecule has 1 heterocycles. The van der Waals surface area contributed by atoms with Gasteiger partial charge in [-0.2, -0.15) is 0 Å². The van der Waals surface area contributed by atoms with Gasteiger partial charge in [0, 0.05) is 32.1 Å². The zero-order valence-electron chi connectivity index (χ0n) is 8.34. The second kappa shape index (κ2) is 6.95. The van der Waals surface area contributed by atoms with Crippen LogP contribution in [0.4, 0.5) is 0 Å². The van der Waals surface area contributed by atoms with Crippen molar-refractivity contribution in [3.63, 3.8) is 0 Å². The van der Waals surface area contributed by atoms with E-state index in [9.17, 15) is 0 Å². The molecule has 0 spiro atoms. The van der Waals surface area contributed by atoms with E-state index in [-0.39, 0.29) is 0 Å². The highest BCUT2D eigenvalue weighted by Gasteiger charge is 1.98. The first-order valence-electron chi connectivity index (χ1n) is 4.48. The van der Waals surface area contributed by atoms with E-state index in [0.717, 1.165) is 25.3 Å². The second-order valence-corrected chi connectivity index (χ2v) is 4.62. The zero-order chi connectivity index (χ0) is 11.1. The van der Waals surface area contributed by atoms with Crippen LogP contribution in [0.5, 0.6) is 0 Å². The Labute approximate surface area is 103 Å². The molecule has 0 saturated carbocycles. The van der Waals surface area contributed by atoms with Gasteiger partial charge >= 0.3 is 0 Å². The maximum atomic E-state index is 5.70. The van der Waals surface area contributed by atoms with E-state index in [0.29, 0.717) is 9.58 Å². The van der Waals surface area contributed by atoms with E-state index in [1.807, 2.05) is 5.38 Å². The molecule has 0 aliphatic rings. The van der Waals surface area contributed by atoms with Crippen LogP contribution >= 0.6 is 35.2 Å². The Morgan fingerprint density at radius 3 is 3.00 bits per heavy atom. The summed E-state index contributed by atoms with van der Waals surface area (Å²) in [4.78, 5) is 4.12. The van der Waals surface area contributed by atoms with Crippen molar-refractivity contribution in [1.29, 1.82) is 0 Å². The van der Waals surface area contributed by atoms with Gasteiger partial charge in [-0.15, -0.1) is 11.3 Å². The number of nitrogens with one attached hydrogen (secondary N) is 3. The predicted octanol–water partition coefficient (Wildman–Crippen LogP) is 0.980. The van der Waals surface area contributed by atoms with Crippen molar-refractivity contribution in [2.24, 2.45) is 0 Å². The fraction of sp³-hybridized carbons (Fsp3) is 0.500. The van der Waals surface area contributed by atoms with E-state index < -0.39 is 0 Å². The molecule has 0 fully saturated rings. The molecular formula is C8H13ClN4S2. The largest absolute Gasteiger partial charge is 0.366 e. The van der Waals surface area contributed by atoms with Gasteiger partial charge < -0.3 is 16.0 Å². The van der Waals surface area contributed by atoms with Crippen LogP contribution in [0.2, 0.25) is 4.47 Å². The van der Waals surface area contributed by atoms with Crippen LogP contribution in [0, 0.1) is 0 Å². The molecule has 84 valence electrons. The molecule has 3 N–H and O–H groups in total. The molecule has 0 radical (unpaired) electrons. The molecule has 0 amide bonds. The van der Waals surface area contributed by atoms with Gasteiger partial charge in [-0.25, -0.2) is 4.98 Å². The molecule has 0 bridgehead atoms. The van der Waals surface area contributed by atoms with Crippen molar-refractivity contribution < 1.29 is 0 Å². The van der Waals surface area contributed by atoms with Gasteiger partial charge in [0.2, 0.25) is 0 Å². The van der Waals surface area contributed by atoms with Crippen LogP contribution in [0.1, 0.15) is 5.69 Å². The first kappa shape index (κ1) is 12.6. The third-order valence-electron chi connectivity index (χ3n) is 1.64. The normalized spacial score (nSPS) is 10.0. The lowest BCUT2D eigenvalue weighted by atomic mass is 10.5. The molecule has 1 aromatic heterocycles. The van der Waals surface area contributed by atoms with Crippen molar-refractivity contribution in [2.75, 3.05) is 20.1 Å². The minimum absolute atomic E-state index is 0.585. The summed E-state index contributed by atoms with van der Waals surface area (Å²) in [5, 5.41) is 11.7. The lowest BCUT2D eigenvalue weighted by molar-refractivity contribution is 0.662. The second-order valence-electron chi connectivity index (χ2n) is 2.77. The van der Waals surface area contributed by atoms with Crippen LogP contribution in [0.25, 0.3) is 0 Å². The minimum Gasteiger partial charge on any atom is -0.366 e. The maximum absolute atomic E-state index is 5.70. The molecular weight excluding hydrogens is 252 g/mol. The Bertz CT molecular complexity index is 315. The molecule has 1 aromatic rings. The number of hydrogen-bond donors (Lipinski definition) is 3.